The second kappa shape index (κ2) is 5.24. The predicted molar refractivity (Wildman–Crippen MR) is 47.7 cm³/mol. The second-order valence-electron chi connectivity index (χ2n) is 3.70. The van der Waals surface area contributed by atoms with E-state index >= 15 is 0 Å². The first kappa shape index (κ1) is 17.9. The molecule has 0 spiro atoms. The molecule has 1 heterocycles. The summed E-state index contributed by atoms with van der Waals surface area (Å²) in [5, 5.41) is 10.1. The van der Waals surface area contributed by atoms with Crippen LogP contribution in [0.1, 0.15) is 22.8 Å². The Morgan fingerprint density at radius 1 is 0.818 bits per heavy atom. The minimum Gasteiger partial charge on any atom is -0.264 e. The minimum absolute atomic E-state index is 1.39. The fraction of sp³-hybridized carbons (Fsp3) is 0.500. The summed E-state index contributed by atoms with van der Waals surface area (Å²) < 4.78 is 113. The van der Waals surface area contributed by atoms with Gasteiger partial charge in [-0.2, -0.15) is 39.5 Å². The summed E-state index contributed by atoms with van der Waals surface area (Å²) in [6.45, 7) is -1.70. The van der Waals surface area contributed by atoms with Gasteiger partial charge in [0.1, 0.15) is 5.56 Å². The lowest BCUT2D eigenvalue weighted by Gasteiger charge is -2.19. The van der Waals surface area contributed by atoms with Gasteiger partial charge in [-0.05, 0) is 0 Å². The van der Waals surface area contributed by atoms with Crippen LogP contribution in [0.25, 0.3) is 0 Å². The molecule has 0 aliphatic heterocycles. The van der Waals surface area contributed by atoms with Crippen LogP contribution in [-0.2, 0) is 25.1 Å². The molecule has 0 amide bonds. The Balaban J connectivity index is 3.82. The Bertz CT molecular complexity index is 555. The monoisotopic (exact) mass is 343 g/mol. The van der Waals surface area contributed by atoms with Crippen molar-refractivity contribution in [3.05, 3.63) is 32.9 Å². The first-order chi connectivity index (χ1) is 9.64. The number of aromatic nitrogens is 2. The van der Waals surface area contributed by atoms with Crippen LogP contribution < -0.4 is 0 Å². The highest BCUT2D eigenvalue weighted by Gasteiger charge is 2.53. The molecule has 1 aromatic heterocycles. The van der Waals surface area contributed by atoms with Gasteiger partial charge in [0.2, 0.25) is 5.82 Å². The van der Waals surface area contributed by atoms with Gasteiger partial charge < -0.3 is 0 Å². The fourth-order valence-corrected chi connectivity index (χ4v) is 1.37. The molecule has 1 aromatic rings. The minimum atomic E-state index is -6.07. The normalized spacial score (nSPS) is 13.3. The molecule has 0 aromatic carbocycles. The van der Waals surface area contributed by atoms with E-state index in [1.54, 1.807) is 0 Å². The molecule has 14 heteroatoms. The SMILES string of the molecule is O=[N+]([O-])Cc1nc(C(F)(F)F)c(C(F)(F)F)c(C(F)(F)F)n1. The number of alkyl halides is 9. The lowest BCUT2D eigenvalue weighted by atomic mass is 10.1. The zero-order chi connectivity index (χ0) is 17.5. The fourth-order valence-electron chi connectivity index (χ4n) is 1.37. The van der Waals surface area contributed by atoms with Crippen LogP contribution in [0.2, 0.25) is 0 Å². The molecule has 0 saturated carbocycles. The lowest BCUT2D eigenvalue weighted by molar-refractivity contribution is -0.498. The van der Waals surface area contributed by atoms with Crippen LogP contribution in [-0.4, -0.2) is 14.9 Å². The Hall–Kier alpha value is -2.15. The number of nitrogens with zero attached hydrogens (tertiary/aromatic N) is 3. The van der Waals surface area contributed by atoms with Gasteiger partial charge in [-0.1, -0.05) is 0 Å². The highest BCUT2D eigenvalue weighted by Crippen LogP contribution is 2.44. The van der Waals surface area contributed by atoms with E-state index in [0.717, 1.165) is 0 Å². The van der Waals surface area contributed by atoms with Gasteiger partial charge >= 0.3 is 18.5 Å². The standard InChI is InChI=1S/C8H2F9N3O2/c9-6(10,11)3-4(7(12,13)14)18-2(1-20(21)22)19-5(3)8(15,16)17/h1H2. The van der Waals surface area contributed by atoms with Gasteiger partial charge in [-0.15, -0.1) is 0 Å². The van der Waals surface area contributed by atoms with Crippen LogP contribution in [0, 0.1) is 10.1 Å². The van der Waals surface area contributed by atoms with Crippen LogP contribution in [0.15, 0.2) is 0 Å². The Kier molecular flexibility index (Phi) is 4.26. The van der Waals surface area contributed by atoms with Crippen LogP contribution in [0.4, 0.5) is 39.5 Å². The van der Waals surface area contributed by atoms with E-state index in [1.165, 1.54) is 0 Å². The molecule has 124 valence electrons. The smallest absolute Gasteiger partial charge is 0.264 e. The molecule has 1 rings (SSSR count). The molecule has 0 atom stereocenters. The zero-order valence-electron chi connectivity index (χ0n) is 9.77. The summed E-state index contributed by atoms with van der Waals surface area (Å²) in [5.41, 5.74) is -9.00. The van der Waals surface area contributed by atoms with Crippen LogP contribution in [0.3, 0.4) is 0 Å². The first-order valence-electron chi connectivity index (χ1n) is 4.88. The van der Waals surface area contributed by atoms with Gasteiger partial charge in [0.25, 0.3) is 6.54 Å². The predicted octanol–water partition coefficient (Wildman–Crippen LogP) is 3.31. The van der Waals surface area contributed by atoms with E-state index < -0.39 is 52.8 Å². The first-order valence-corrected chi connectivity index (χ1v) is 4.88. The molecule has 0 unspecified atom stereocenters. The number of hydrogen-bond donors (Lipinski definition) is 0. The van der Waals surface area contributed by atoms with Gasteiger partial charge in [0.15, 0.2) is 11.4 Å². The zero-order valence-corrected chi connectivity index (χ0v) is 9.77. The van der Waals surface area contributed by atoms with Crippen molar-refractivity contribution in [2.75, 3.05) is 0 Å². The van der Waals surface area contributed by atoms with Crippen LogP contribution >= 0.6 is 0 Å². The quantitative estimate of drug-likeness (QED) is 0.469. The van der Waals surface area contributed by atoms with Crippen LogP contribution in [0.5, 0.6) is 0 Å². The largest absolute Gasteiger partial charge is 0.434 e. The van der Waals surface area contributed by atoms with Crippen molar-refractivity contribution in [3.63, 3.8) is 0 Å². The summed E-state index contributed by atoms with van der Waals surface area (Å²) >= 11 is 0. The second-order valence-corrected chi connectivity index (χ2v) is 3.70. The van der Waals surface area contributed by atoms with E-state index in [2.05, 4.69) is 9.97 Å². The molecule has 0 fully saturated rings. The molecule has 0 aliphatic rings. The van der Waals surface area contributed by atoms with Gasteiger partial charge in [-0.3, -0.25) is 10.1 Å². The number of hydrogen-bond acceptors (Lipinski definition) is 4. The van der Waals surface area contributed by atoms with Crippen molar-refractivity contribution < 1.29 is 44.4 Å². The van der Waals surface area contributed by atoms with E-state index in [4.69, 9.17) is 0 Å². The highest BCUT2D eigenvalue weighted by molar-refractivity contribution is 5.33. The van der Waals surface area contributed by atoms with Crippen molar-refractivity contribution in [1.29, 1.82) is 0 Å². The van der Waals surface area contributed by atoms with E-state index in [0.29, 0.717) is 0 Å². The maximum Gasteiger partial charge on any atom is 0.434 e. The van der Waals surface area contributed by atoms with E-state index in [9.17, 15) is 49.6 Å². The Labute approximate surface area is 113 Å². The van der Waals surface area contributed by atoms with Crippen molar-refractivity contribution in [2.24, 2.45) is 0 Å². The van der Waals surface area contributed by atoms with E-state index in [-0.39, 0.29) is 0 Å². The average Bonchev–Trinajstić information content (AvgIpc) is 2.22. The third-order valence-corrected chi connectivity index (χ3v) is 2.05. The summed E-state index contributed by atoms with van der Waals surface area (Å²) in [7, 11) is 0. The topological polar surface area (TPSA) is 68.9 Å². The molecule has 22 heavy (non-hydrogen) atoms. The van der Waals surface area contributed by atoms with Crippen molar-refractivity contribution in [1.82, 2.24) is 9.97 Å². The Morgan fingerprint density at radius 3 is 1.41 bits per heavy atom. The summed E-state index contributed by atoms with van der Waals surface area (Å²) in [6, 6.07) is 0. The van der Waals surface area contributed by atoms with E-state index in [1.807, 2.05) is 0 Å². The van der Waals surface area contributed by atoms with Crippen molar-refractivity contribution in [2.45, 2.75) is 25.1 Å². The molecule has 0 radical (unpaired) electrons. The number of nitro groups is 1. The Morgan fingerprint density at radius 2 is 1.18 bits per heavy atom. The maximum atomic E-state index is 12.5. The maximum absolute atomic E-state index is 12.5. The molecule has 5 nitrogen and oxygen atoms in total. The third kappa shape index (κ3) is 3.94. The molecule has 0 bridgehead atoms. The molecular formula is C8H2F9N3O2. The van der Waals surface area contributed by atoms with Crippen molar-refractivity contribution in [3.8, 4) is 0 Å². The average molecular weight is 343 g/mol. The molecule has 0 aliphatic carbocycles. The number of halogens is 9. The number of rotatable bonds is 2. The van der Waals surface area contributed by atoms with Gasteiger partial charge in [-0.25, -0.2) is 9.97 Å². The van der Waals surface area contributed by atoms with Gasteiger partial charge in [0.05, 0.1) is 0 Å². The molecule has 0 N–H and O–H groups in total. The summed E-state index contributed by atoms with van der Waals surface area (Å²) in [5.74, 6) is -1.64. The molecular weight excluding hydrogens is 341 g/mol. The lowest BCUT2D eigenvalue weighted by Crippen LogP contribution is -2.27. The molecule has 0 saturated heterocycles. The highest BCUT2D eigenvalue weighted by atomic mass is 19.4. The summed E-state index contributed by atoms with van der Waals surface area (Å²) in [6.07, 6.45) is -17.9. The third-order valence-electron chi connectivity index (χ3n) is 2.05. The van der Waals surface area contributed by atoms with Gasteiger partial charge in [0, 0.05) is 4.92 Å². The summed E-state index contributed by atoms with van der Waals surface area (Å²) in [4.78, 5) is 13.2. The van der Waals surface area contributed by atoms with Crippen molar-refractivity contribution >= 4 is 0 Å².